The molecule has 1 aromatic rings. The molecule has 0 fully saturated rings. The molecular formula is C13H14O2. The molecule has 0 radical (unpaired) electrons. The number of hydrogen-bond donors (Lipinski definition) is 0. The summed E-state index contributed by atoms with van der Waals surface area (Å²) in [6, 6.07) is 9.92. The molecule has 0 saturated heterocycles. The van der Waals surface area contributed by atoms with Gasteiger partial charge in [-0.05, 0) is 12.0 Å². The second-order valence-electron chi connectivity index (χ2n) is 3.07. The van der Waals surface area contributed by atoms with Crippen LogP contribution in [0.25, 0.3) is 5.57 Å². The second-order valence-corrected chi connectivity index (χ2v) is 3.07. The molecule has 0 saturated carbocycles. The normalized spacial score (nSPS) is 8.93. The smallest absolute Gasteiger partial charge is 0.308 e. The average Bonchev–Trinajstić information content (AvgIpc) is 2.25. The summed E-state index contributed by atoms with van der Waals surface area (Å²) in [4.78, 5) is 10.5. The maximum atomic E-state index is 10.5. The Labute approximate surface area is 89.9 Å². The fourth-order valence-corrected chi connectivity index (χ4v) is 1.21. The van der Waals surface area contributed by atoms with Crippen molar-refractivity contribution in [3.8, 4) is 0 Å². The molecule has 0 amide bonds. The number of benzene rings is 1. The van der Waals surface area contributed by atoms with Crippen molar-refractivity contribution in [1.29, 1.82) is 0 Å². The van der Waals surface area contributed by atoms with Crippen LogP contribution >= 0.6 is 0 Å². The van der Waals surface area contributed by atoms with Crippen LogP contribution in [0.2, 0.25) is 0 Å². The Morgan fingerprint density at radius 2 is 2.07 bits per heavy atom. The Morgan fingerprint density at radius 3 is 2.60 bits per heavy atom. The van der Waals surface area contributed by atoms with Crippen molar-refractivity contribution in [2.24, 2.45) is 0 Å². The minimum absolute atomic E-state index is 0.328. The SMILES string of the molecule is CCC(=C=COC(C)=O)c1ccccc1. The molecule has 0 aliphatic rings. The molecule has 0 aliphatic heterocycles. The first-order valence-corrected chi connectivity index (χ1v) is 4.90. The molecule has 0 heterocycles. The zero-order chi connectivity index (χ0) is 11.1. The first-order valence-electron chi connectivity index (χ1n) is 4.90. The van der Waals surface area contributed by atoms with Crippen LogP contribution < -0.4 is 0 Å². The highest BCUT2D eigenvalue weighted by molar-refractivity contribution is 5.67. The average molecular weight is 202 g/mol. The van der Waals surface area contributed by atoms with Crippen molar-refractivity contribution in [3.05, 3.63) is 47.9 Å². The molecule has 1 rings (SSSR count). The van der Waals surface area contributed by atoms with Gasteiger partial charge in [0.05, 0.1) is 0 Å². The van der Waals surface area contributed by atoms with Gasteiger partial charge in [-0.25, -0.2) is 0 Å². The molecular weight excluding hydrogens is 188 g/mol. The van der Waals surface area contributed by atoms with E-state index in [1.54, 1.807) is 0 Å². The van der Waals surface area contributed by atoms with E-state index in [1.165, 1.54) is 13.2 Å². The van der Waals surface area contributed by atoms with Crippen LogP contribution in [0.15, 0.2) is 42.3 Å². The number of allylic oxidation sites excluding steroid dienone is 1. The molecule has 0 aliphatic carbocycles. The highest BCUT2D eigenvalue weighted by Crippen LogP contribution is 2.15. The quantitative estimate of drug-likeness (QED) is 0.427. The molecule has 78 valence electrons. The van der Waals surface area contributed by atoms with Gasteiger partial charge >= 0.3 is 5.97 Å². The van der Waals surface area contributed by atoms with E-state index in [0.717, 1.165) is 17.6 Å². The van der Waals surface area contributed by atoms with Crippen LogP contribution in [-0.2, 0) is 9.53 Å². The van der Waals surface area contributed by atoms with Gasteiger partial charge in [-0.2, -0.15) is 0 Å². The van der Waals surface area contributed by atoms with Gasteiger partial charge in [0.15, 0.2) is 0 Å². The predicted octanol–water partition coefficient (Wildman–Crippen LogP) is 3.16. The third-order valence-corrected chi connectivity index (χ3v) is 1.93. The van der Waals surface area contributed by atoms with Crippen molar-refractivity contribution in [2.75, 3.05) is 0 Å². The van der Waals surface area contributed by atoms with Gasteiger partial charge in [-0.15, -0.1) is 0 Å². The summed E-state index contributed by atoms with van der Waals surface area (Å²) in [6.07, 6.45) is 2.16. The zero-order valence-electron chi connectivity index (χ0n) is 8.99. The van der Waals surface area contributed by atoms with E-state index in [0.29, 0.717) is 0 Å². The lowest BCUT2D eigenvalue weighted by atomic mass is 10.1. The van der Waals surface area contributed by atoms with E-state index in [2.05, 4.69) is 5.73 Å². The van der Waals surface area contributed by atoms with Gasteiger partial charge in [-0.3, -0.25) is 4.79 Å². The zero-order valence-corrected chi connectivity index (χ0v) is 8.99. The van der Waals surface area contributed by atoms with Crippen LogP contribution in [0.3, 0.4) is 0 Å². The monoisotopic (exact) mass is 202 g/mol. The number of ether oxygens (including phenoxy) is 1. The van der Waals surface area contributed by atoms with Gasteiger partial charge in [0.25, 0.3) is 0 Å². The summed E-state index contributed by atoms with van der Waals surface area (Å²) < 4.78 is 4.70. The van der Waals surface area contributed by atoms with E-state index in [1.807, 2.05) is 37.3 Å². The fourth-order valence-electron chi connectivity index (χ4n) is 1.21. The standard InChI is InChI=1S/C13H14O2/c1-3-12(9-10-15-11(2)14)13-7-5-4-6-8-13/h4-8,10H,3H2,1-2H3. The van der Waals surface area contributed by atoms with Crippen molar-refractivity contribution in [1.82, 2.24) is 0 Å². The van der Waals surface area contributed by atoms with Crippen molar-refractivity contribution >= 4 is 11.5 Å². The maximum Gasteiger partial charge on any atom is 0.308 e. The molecule has 1 aromatic carbocycles. The molecule has 2 heteroatoms. The van der Waals surface area contributed by atoms with E-state index in [4.69, 9.17) is 4.74 Å². The Bertz CT molecular complexity index is 384. The Kier molecular flexibility index (Phi) is 4.39. The molecule has 0 spiro atoms. The van der Waals surface area contributed by atoms with E-state index < -0.39 is 0 Å². The predicted molar refractivity (Wildman–Crippen MR) is 60.0 cm³/mol. The number of hydrogen-bond acceptors (Lipinski definition) is 2. The number of carbonyl (C=O) groups excluding carboxylic acids is 1. The van der Waals surface area contributed by atoms with Crippen LogP contribution in [0.1, 0.15) is 25.8 Å². The van der Waals surface area contributed by atoms with Crippen molar-refractivity contribution < 1.29 is 9.53 Å². The summed E-state index contributed by atoms with van der Waals surface area (Å²) in [7, 11) is 0. The number of rotatable bonds is 3. The third-order valence-electron chi connectivity index (χ3n) is 1.93. The van der Waals surface area contributed by atoms with Crippen molar-refractivity contribution in [3.63, 3.8) is 0 Å². The van der Waals surface area contributed by atoms with Crippen LogP contribution in [-0.4, -0.2) is 5.97 Å². The fraction of sp³-hybridized carbons (Fsp3) is 0.231. The second kappa shape index (κ2) is 5.84. The van der Waals surface area contributed by atoms with E-state index in [-0.39, 0.29) is 5.97 Å². The molecule has 0 N–H and O–H groups in total. The molecule has 0 bridgehead atoms. The maximum absolute atomic E-state index is 10.5. The van der Waals surface area contributed by atoms with Gasteiger partial charge in [0, 0.05) is 12.5 Å². The number of esters is 1. The summed E-state index contributed by atoms with van der Waals surface area (Å²) in [6.45, 7) is 3.41. The first-order chi connectivity index (χ1) is 7.24. The van der Waals surface area contributed by atoms with Crippen LogP contribution in [0.5, 0.6) is 0 Å². The topological polar surface area (TPSA) is 26.3 Å². The lowest BCUT2D eigenvalue weighted by Crippen LogP contribution is -1.88. The van der Waals surface area contributed by atoms with Gasteiger partial charge < -0.3 is 4.74 Å². The lowest BCUT2D eigenvalue weighted by Gasteiger charge is -2.00. The third kappa shape index (κ3) is 3.84. The summed E-state index contributed by atoms with van der Waals surface area (Å²) >= 11 is 0. The highest BCUT2D eigenvalue weighted by Gasteiger charge is 1.95. The van der Waals surface area contributed by atoms with E-state index >= 15 is 0 Å². The van der Waals surface area contributed by atoms with Crippen LogP contribution in [0, 0.1) is 0 Å². The molecule has 0 atom stereocenters. The van der Waals surface area contributed by atoms with E-state index in [9.17, 15) is 4.79 Å². The largest absolute Gasteiger partial charge is 0.426 e. The summed E-state index contributed by atoms with van der Waals surface area (Å²) in [5.74, 6) is -0.328. The summed E-state index contributed by atoms with van der Waals surface area (Å²) in [5.41, 5.74) is 5.09. The number of carbonyl (C=O) groups is 1. The molecule has 2 nitrogen and oxygen atoms in total. The van der Waals surface area contributed by atoms with Gasteiger partial charge in [0.2, 0.25) is 0 Å². The minimum atomic E-state index is -0.328. The minimum Gasteiger partial charge on any atom is -0.426 e. The Morgan fingerprint density at radius 1 is 1.40 bits per heavy atom. The summed E-state index contributed by atoms with van der Waals surface area (Å²) in [5, 5.41) is 0. The molecule has 15 heavy (non-hydrogen) atoms. The van der Waals surface area contributed by atoms with Gasteiger partial charge in [0.1, 0.15) is 6.26 Å². The van der Waals surface area contributed by atoms with Gasteiger partial charge in [-0.1, -0.05) is 43.0 Å². The van der Waals surface area contributed by atoms with Crippen molar-refractivity contribution in [2.45, 2.75) is 20.3 Å². The Hall–Kier alpha value is -1.79. The van der Waals surface area contributed by atoms with Crippen LogP contribution in [0.4, 0.5) is 0 Å². The first kappa shape index (κ1) is 11.3. The lowest BCUT2D eigenvalue weighted by molar-refractivity contribution is -0.135. The highest BCUT2D eigenvalue weighted by atomic mass is 16.5. The molecule has 0 unspecified atom stereocenters. The molecule has 0 aromatic heterocycles. The Balaban J connectivity index is 2.89.